The number of carbonyl (C=O) groups excluding carboxylic acids is 1. The predicted octanol–water partition coefficient (Wildman–Crippen LogP) is 3.03. The molecule has 8 nitrogen and oxygen atoms in total. The molecule has 3 aromatic rings. The molecule has 4 rings (SSSR count). The third kappa shape index (κ3) is 4.71. The summed E-state index contributed by atoms with van der Waals surface area (Å²) in [4.78, 5) is 26.5. The molecule has 0 aliphatic heterocycles. The molecule has 2 aromatic heterocycles. The Bertz CT molecular complexity index is 1140. The van der Waals surface area contributed by atoms with Gasteiger partial charge in [-0.05, 0) is 37.1 Å². The van der Waals surface area contributed by atoms with Crippen LogP contribution in [-0.4, -0.2) is 35.3 Å². The second kappa shape index (κ2) is 8.72. The van der Waals surface area contributed by atoms with E-state index in [9.17, 15) is 13.2 Å². The van der Waals surface area contributed by atoms with Crippen molar-refractivity contribution in [2.45, 2.75) is 29.6 Å². The lowest BCUT2D eigenvalue weighted by atomic mass is 10.1. The van der Waals surface area contributed by atoms with Crippen molar-refractivity contribution in [2.75, 3.05) is 5.32 Å². The van der Waals surface area contributed by atoms with Crippen LogP contribution in [0.2, 0.25) is 0 Å². The molecule has 154 valence electrons. The first kappa shape index (κ1) is 20.2. The lowest BCUT2D eigenvalue weighted by Crippen LogP contribution is -2.24. The Morgan fingerprint density at radius 1 is 1.13 bits per heavy atom. The monoisotopic (exact) mass is 442 g/mol. The van der Waals surface area contributed by atoms with Gasteiger partial charge in [0, 0.05) is 23.3 Å². The largest absolute Gasteiger partial charge is 0.389 e. The zero-order valence-electron chi connectivity index (χ0n) is 15.8. The zero-order chi connectivity index (χ0) is 21.0. The molecule has 30 heavy (non-hydrogen) atoms. The predicted molar refractivity (Wildman–Crippen MR) is 113 cm³/mol. The number of hydrogen-bond donors (Lipinski definition) is 1. The third-order valence-electron chi connectivity index (χ3n) is 4.38. The SMILES string of the molecule is O=C(Nc1nccs1)C(=NOCc1ccccn1)c1ccc(S(=O)(=O)C2CC2)cc1. The lowest BCUT2D eigenvalue weighted by Gasteiger charge is -2.08. The highest BCUT2D eigenvalue weighted by Crippen LogP contribution is 2.33. The fourth-order valence-electron chi connectivity index (χ4n) is 2.69. The van der Waals surface area contributed by atoms with Gasteiger partial charge < -0.3 is 4.84 Å². The molecule has 1 aliphatic carbocycles. The average molecular weight is 443 g/mol. The standard InChI is InChI=1S/C20H18N4O4S2/c25-19(23-20-22-11-12-29-20)18(24-28-13-15-3-1-2-10-21-15)14-4-6-16(7-5-14)30(26,27)17-8-9-17/h1-7,10-12,17H,8-9,13H2,(H,22,23,25). The molecule has 1 saturated carbocycles. The van der Waals surface area contributed by atoms with Gasteiger partial charge in [-0.15, -0.1) is 11.3 Å². The molecule has 10 heteroatoms. The number of nitrogens with zero attached hydrogens (tertiary/aromatic N) is 3. The van der Waals surface area contributed by atoms with Crippen LogP contribution in [0.15, 0.2) is 70.3 Å². The topological polar surface area (TPSA) is 111 Å². The summed E-state index contributed by atoms with van der Waals surface area (Å²) in [5, 5.41) is 8.53. The van der Waals surface area contributed by atoms with Gasteiger partial charge in [0.05, 0.1) is 15.8 Å². The van der Waals surface area contributed by atoms with Crippen LogP contribution >= 0.6 is 11.3 Å². The van der Waals surface area contributed by atoms with Gasteiger partial charge in [-0.2, -0.15) is 0 Å². The normalized spacial score (nSPS) is 14.3. The number of hydrogen-bond acceptors (Lipinski definition) is 8. The number of aromatic nitrogens is 2. The number of benzene rings is 1. The Hall–Kier alpha value is -3.11. The van der Waals surface area contributed by atoms with E-state index < -0.39 is 15.7 Å². The molecule has 0 spiro atoms. The molecule has 1 amide bonds. The summed E-state index contributed by atoms with van der Waals surface area (Å²) in [6, 6.07) is 11.5. The Morgan fingerprint density at radius 3 is 2.57 bits per heavy atom. The van der Waals surface area contributed by atoms with E-state index in [1.54, 1.807) is 42.0 Å². The van der Waals surface area contributed by atoms with Crippen LogP contribution in [0.1, 0.15) is 24.1 Å². The first-order valence-electron chi connectivity index (χ1n) is 9.19. The van der Waals surface area contributed by atoms with Crippen molar-refractivity contribution >= 4 is 37.9 Å². The van der Waals surface area contributed by atoms with E-state index in [2.05, 4.69) is 20.4 Å². The highest BCUT2D eigenvalue weighted by atomic mass is 32.2. The minimum absolute atomic E-state index is 0.0106. The summed E-state index contributed by atoms with van der Waals surface area (Å²) < 4.78 is 24.8. The van der Waals surface area contributed by atoms with Gasteiger partial charge in [-0.25, -0.2) is 13.4 Å². The number of carbonyl (C=O) groups is 1. The van der Waals surface area contributed by atoms with Gasteiger partial charge in [-0.3, -0.25) is 15.1 Å². The fourth-order valence-corrected chi connectivity index (χ4v) is 4.87. The summed E-state index contributed by atoms with van der Waals surface area (Å²) in [6.07, 6.45) is 4.59. The van der Waals surface area contributed by atoms with Gasteiger partial charge in [0.1, 0.15) is 0 Å². The van der Waals surface area contributed by atoms with Gasteiger partial charge in [0.25, 0.3) is 5.91 Å². The van der Waals surface area contributed by atoms with Crippen molar-refractivity contribution < 1.29 is 18.0 Å². The first-order chi connectivity index (χ1) is 14.5. The van der Waals surface area contributed by atoms with Crippen LogP contribution in [0, 0.1) is 0 Å². The minimum Gasteiger partial charge on any atom is -0.389 e. The molecule has 1 fully saturated rings. The Balaban J connectivity index is 1.57. The Labute approximate surface area is 177 Å². The van der Waals surface area contributed by atoms with Crippen LogP contribution in [0.4, 0.5) is 5.13 Å². The number of pyridine rings is 1. The van der Waals surface area contributed by atoms with Crippen molar-refractivity contribution in [3.63, 3.8) is 0 Å². The van der Waals surface area contributed by atoms with Crippen molar-refractivity contribution in [1.29, 1.82) is 0 Å². The van der Waals surface area contributed by atoms with Crippen LogP contribution in [-0.2, 0) is 26.1 Å². The summed E-state index contributed by atoms with van der Waals surface area (Å²) in [7, 11) is -3.31. The molecule has 0 bridgehead atoms. The van der Waals surface area contributed by atoms with E-state index >= 15 is 0 Å². The number of amides is 1. The fraction of sp³-hybridized carbons (Fsp3) is 0.200. The van der Waals surface area contributed by atoms with Crippen LogP contribution < -0.4 is 5.32 Å². The van der Waals surface area contributed by atoms with E-state index in [1.165, 1.54) is 23.5 Å². The maximum absolute atomic E-state index is 12.8. The Kier molecular flexibility index (Phi) is 5.86. The van der Waals surface area contributed by atoms with E-state index in [0.29, 0.717) is 29.2 Å². The van der Waals surface area contributed by atoms with E-state index in [0.717, 1.165) is 0 Å². The smallest absolute Gasteiger partial charge is 0.280 e. The minimum atomic E-state index is -3.31. The summed E-state index contributed by atoms with van der Waals surface area (Å²) in [5.41, 5.74) is 1.10. The molecule has 0 atom stereocenters. The number of anilines is 1. The summed E-state index contributed by atoms with van der Waals surface area (Å²) >= 11 is 1.27. The van der Waals surface area contributed by atoms with Gasteiger partial charge >= 0.3 is 0 Å². The molecule has 1 aromatic carbocycles. The van der Waals surface area contributed by atoms with Crippen LogP contribution in [0.25, 0.3) is 0 Å². The van der Waals surface area contributed by atoms with Crippen molar-refractivity contribution in [1.82, 2.24) is 9.97 Å². The molecule has 0 saturated heterocycles. The molecule has 0 radical (unpaired) electrons. The van der Waals surface area contributed by atoms with Crippen molar-refractivity contribution in [2.24, 2.45) is 5.16 Å². The van der Waals surface area contributed by atoms with Crippen LogP contribution in [0.5, 0.6) is 0 Å². The highest BCUT2D eigenvalue weighted by Gasteiger charge is 2.36. The molecule has 2 heterocycles. The van der Waals surface area contributed by atoms with Gasteiger partial charge in [0.15, 0.2) is 27.3 Å². The number of rotatable bonds is 8. The first-order valence-corrected chi connectivity index (χ1v) is 11.6. The number of thiazole rings is 1. The molecule has 1 N–H and O–H groups in total. The quantitative estimate of drug-likeness (QED) is 0.424. The second-order valence-electron chi connectivity index (χ2n) is 6.59. The number of sulfone groups is 1. The van der Waals surface area contributed by atoms with Crippen LogP contribution in [0.3, 0.4) is 0 Å². The molecule has 0 unspecified atom stereocenters. The average Bonchev–Trinajstić information content (AvgIpc) is 3.51. The summed E-state index contributed by atoms with van der Waals surface area (Å²) in [5.74, 6) is -0.510. The van der Waals surface area contributed by atoms with E-state index in [4.69, 9.17) is 4.84 Å². The van der Waals surface area contributed by atoms with E-state index in [1.807, 2.05) is 6.07 Å². The maximum atomic E-state index is 12.8. The highest BCUT2D eigenvalue weighted by molar-refractivity contribution is 7.92. The number of oxime groups is 1. The van der Waals surface area contributed by atoms with Gasteiger partial charge in [-0.1, -0.05) is 23.4 Å². The van der Waals surface area contributed by atoms with Crippen molar-refractivity contribution in [3.8, 4) is 0 Å². The number of nitrogens with one attached hydrogen (secondary N) is 1. The maximum Gasteiger partial charge on any atom is 0.280 e. The second-order valence-corrected chi connectivity index (χ2v) is 9.72. The lowest BCUT2D eigenvalue weighted by molar-refractivity contribution is -0.110. The molecular weight excluding hydrogens is 424 g/mol. The third-order valence-corrected chi connectivity index (χ3v) is 7.35. The van der Waals surface area contributed by atoms with E-state index in [-0.39, 0.29) is 22.5 Å². The van der Waals surface area contributed by atoms with Crippen molar-refractivity contribution in [3.05, 3.63) is 71.5 Å². The summed E-state index contributed by atoms with van der Waals surface area (Å²) in [6.45, 7) is 0.0863. The molecule has 1 aliphatic rings. The van der Waals surface area contributed by atoms with Gasteiger partial charge in [0.2, 0.25) is 0 Å². The zero-order valence-corrected chi connectivity index (χ0v) is 17.4. The molecular formula is C20H18N4O4S2. The Morgan fingerprint density at radius 2 is 1.93 bits per heavy atom.